The Morgan fingerprint density at radius 1 is 0.604 bits per heavy atom. The minimum Gasteiger partial charge on any atom is -0.478 e. The predicted molar refractivity (Wildman–Crippen MR) is 216 cm³/mol. The molecule has 2 aliphatic rings. The van der Waals surface area contributed by atoms with Gasteiger partial charge in [0.2, 0.25) is 0 Å². The first-order chi connectivity index (χ1) is 24.7. The molecule has 53 heavy (non-hydrogen) atoms. The summed E-state index contributed by atoms with van der Waals surface area (Å²) in [5.74, 6) is 0.0990. The maximum absolute atomic E-state index is 11.2. The van der Waals surface area contributed by atoms with E-state index in [0.29, 0.717) is 5.52 Å². The quantitative estimate of drug-likeness (QED) is 0.198. The summed E-state index contributed by atoms with van der Waals surface area (Å²) in [6, 6.07) is 21.0. The first-order valence-corrected chi connectivity index (χ1v) is 19.1. The van der Waals surface area contributed by atoms with Gasteiger partial charge in [-0.3, -0.25) is 4.57 Å². The maximum atomic E-state index is 11.2. The van der Waals surface area contributed by atoms with E-state index in [2.05, 4.69) is 140 Å². The van der Waals surface area contributed by atoms with Crippen LogP contribution < -0.4 is 0 Å². The molecule has 1 N–H and O–H groups in total. The van der Waals surface area contributed by atoms with Gasteiger partial charge in [0.05, 0.1) is 33.5 Å². The molecule has 0 spiro atoms. The van der Waals surface area contributed by atoms with Crippen molar-refractivity contribution >= 4 is 28.0 Å². The van der Waals surface area contributed by atoms with Crippen LogP contribution in [0, 0.1) is 27.7 Å². The number of rotatable bonds is 3. The average Bonchev–Trinajstić information content (AvgIpc) is 3.64. The van der Waals surface area contributed by atoms with E-state index < -0.39 is 5.97 Å². The second-order valence-corrected chi connectivity index (χ2v) is 18.4. The molecule has 2 aliphatic carbocycles. The van der Waals surface area contributed by atoms with Gasteiger partial charge in [-0.2, -0.15) is 0 Å². The van der Waals surface area contributed by atoms with Crippen molar-refractivity contribution in [2.24, 2.45) is 0 Å². The van der Waals surface area contributed by atoms with E-state index >= 15 is 0 Å². The Kier molecular flexibility index (Phi) is 8.55. The van der Waals surface area contributed by atoms with E-state index in [4.69, 9.17) is 4.98 Å². The van der Waals surface area contributed by atoms with Gasteiger partial charge in [-0.15, -0.1) is 5.10 Å². The summed E-state index contributed by atoms with van der Waals surface area (Å²) in [7, 11) is 0. The van der Waals surface area contributed by atoms with Crippen LogP contribution in [0.15, 0.2) is 60.7 Å². The molecule has 0 saturated heterocycles. The van der Waals surface area contributed by atoms with Crippen molar-refractivity contribution < 1.29 is 9.90 Å². The van der Waals surface area contributed by atoms with Gasteiger partial charge in [0, 0.05) is 0 Å². The molecule has 2 heterocycles. The fourth-order valence-electron chi connectivity index (χ4n) is 8.74. The Labute approximate surface area is 314 Å². The van der Waals surface area contributed by atoms with Crippen molar-refractivity contribution in [3.8, 4) is 11.4 Å². The fraction of sp³-hybridized carbons (Fsp3) is 0.435. The third-order valence-electron chi connectivity index (χ3n) is 12.5. The van der Waals surface area contributed by atoms with Crippen LogP contribution in [0.4, 0.5) is 0 Å². The molecule has 6 aromatic rings. The minimum atomic E-state index is -0.958. The van der Waals surface area contributed by atoms with E-state index in [-0.39, 0.29) is 27.2 Å². The molecule has 0 bridgehead atoms. The highest BCUT2D eigenvalue weighted by atomic mass is 16.4. The van der Waals surface area contributed by atoms with Gasteiger partial charge in [-0.1, -0.05) is 78.8 Å². The molecule has 0 saturated carbocycles. The Balaban J connectivity index is 0.000000164. The number of carboxylic acids is 1. The zero-order valence-corrected chi connectivity index (χ0v) is 33.7. The molecule has 2 aromatic heterocycles. The molecule has 0 radical (unpaired) electrons. The number of nitrogens with zero attached hydrogens (tertiary/aromatic N) is 5. The van der Waals surface area contributed by atoms with Crippen LogP contribution in [0.2, 0.25) is 0 Å². The van der Waals surface area contributed by atoms with Crippen LogP contribution in [-0.2, 0) is 21.7 Å². The molecule has 0 fully saturated rings. The van der Waals surface area contributed by atoms with E-state index in [9.17, 15) is 9.90 Å². The van der Waals surface area contributed by atoms with E-state index in [0.717, 1.165) is 34.5 Å². The summed E-state index contributed by atoms with van der Waals surface area (Å²) in [6.45, 7) is 27.4. The summed E-state index contributed by atoms with van der Waals surface area (Å²) in [6.07, 6.45) is 4.81. The average molecular weight is 710 g/mol. The van der Waals surface area contributed by atoms with Crippen LogP contribution in [-0.4, -0.2) is 35.6 Å². The molecule has 4 aromatic carbocycles. The Morgan fingerprint density at radius 2 is 1.09 bits per heavy atom. The third kappa shape index (κ3) is 6.26. The lowest BCUT2D eigenvalue weighted by molar-refractivity contribution is 0.0697. The van der Waals surface area contributed by atoms with Gasteiger partial charge in [0.25, 0.3) is 0 Å². The number of carbonyl (C=O) groups is 1. The molecular formula is C46H55N5O2. The number of aromatic nitrogens is 5. The van der Waals surface area contributed by atoms with Crippen molar-refractivity contribution in [1.82, 2.24) is 24.5 Å². The number of benzene rings is 4. The Morgan fingerprint density at radius 3 is 1.64 bits per heavy atom. The van der Waals surface area contributed by atoms with Gasteiger partial charge in [-0.25, -0.2) is 14.5 Å². The molecule has 0 amide bonds. The molecule has 0 unspecified atom stereocenters. The van der Waals surface area contributed by atoms with E-state index in [1.54, 1.807) is 18.2 Å². The number of hydrogen-bond acceptors (Lipinski definition) is 4. The smallest absolute Gasteiger partial charge is 0.335 e. The lowest BCUT2D eigenvalue weighted by atomic mass is 9.63. The van der Waals surface area contributed by atoms with Gasteiger partial charge in [0.1, 0.15) is 11.3 Å². The second kappa shape index (κ2) is 12.4. The summed E-state index contributed by atoms with van der Waals surface area (Å²) in [5, 5.41) is 17.7. The van der Waals surface area contributed by atoms with E-state index in [1.165, 1.54) is 63.8 Å². The molecule has 7 heteroatoms. The molecule has 0 aliphatic heterocycles. The monoisotopic (exact) mass is 709 g/mol. The molecule has 7 nitrogen and oxygen atoms in total. The number of imidazole rings is 1. The van der Waals surface area contributed by atoms with Gasteiger partial charge in [-0.05, 0) is 156 Å². The summed E-state index contributed by atoms with van der Waals surface area (Å²) < 4.78 is 4.16. The largest absolute Gasteiger partial charge is 0.478 e. The van der Waals surface area contributed by atoms with Crippen molar-refractivity contribution in [2.45, 2.75) is 130 Å². The zero-order valence-electron chi connectivity index (χ0n) is 33.7. The lowest BCUT2D eigenvalue weighted by Gasteiger charge is -2.42. The normalized spacial score (nSPS) is 17.9. The highest BCUT2D eigenvalue weighted by Crippen LogP contribution is 2.48. The lowest BCUT2D eigenvalue weighted by Crippen LogP contribution is -2.34. The highest BCUT2D eigenvalue weighted by molar-refractivity contribution is 5.92. The number of carboxylic acid groups (broad SMARTS) is 1. The zero-order chi connectivity index (χ0) is 38.4. The Bertz CT molecular complexity index is 2440. The maximum Gasteiger partial charge on any atom is 0.335 e. The first-order valence-electron chi connectivity index (χ1n) is 19.1. The fourth-order valence-corrected chi connectivity index (χ4v) is 8.74. The molecule has 8 rings (SSSR count). The Hall–Kier alpha value is -4.78. The molecular weight excluding hydrogens is 655 g/mol. The predicted octanol–water partition coefficient (Wildman–Crippen LogP) is 11.1. The van der Waals surface area contributed by atoms with Crippen LogP contribution >= 0.6 is 0 Å². The van der Waals surface area contributed by atoms with Gasteiger partial charge >= 0.3 is 5.97 Å². The number of fused-ring (bicyclic) bond motifs is 4. The van der Waals surface area contributed by atoms with Crippen molar-refractivity contribution in [3.63, 3.8) is 0 Å². The van der Waals surface area contributed by atoms with Gasteiger partial charge < -0.3 is 5.11 Å². The first kappa shape index (κ1) is 36.6. The molecule has 0 atom stereocenters. The molecule has 276 valence electrons. The number of aryl methyl sites for hydroxylation is 4. The third-order valence-corrected chi connectivity index (χ3v) is 12.5. The minimum absolute atomic E-state index is 0.111. The SMILES string of the molecule is Cc1cc2c(cc1-n1nnc3cc(C(=O)O)ccc31)C(C)(C)CCC2(C)C.Cc1ccc2c(c1)nc(C)n2-c1cc2c(cc1C)C(C)(C)CCC2(C)C. The summed E-state index contributed by atoms with van der Waals surface area (Å²) in [5.41, 5.74) is 16.5. The standard InChI is InChI=1S/C24H30N2.C22H25N3O2/c1-15-8-9-21-20(12-15)25-17(3)26(21)22-14-19-18(13-16(22)2)23(4,5)10-11-24(19,6)7;1-13-10-15-16(22(4,5)9-8-21(15,2)3)12-19(13)25-18-7-6-14(20(26)27)11-17(18)23-24-25/h8-9,12-14H,10-11H2,1-7H3;6-7,10-12H,8-9H2,1-5H3,(H,26,27). The van der Waals surface area contributed by atoms with Gasteiger partial charge in [0.15, 0.2) is 0 Å². The topological polar surface area (TPSA) is 85.8 Å². The van der Waals surface area contributed by atoms with Crippen molar-refractivity contribution in [1.29, 1.82) is 0 Å². The van der Waals surface area contributed by atoms with Crippen LogP contribution in [0.3, 0.4) is 0 Å². The summed E-state index contributed by atoms with van der Waals surface area (Å²) >= 11 is 0. The van der Waals surface area contributed by atoms with Crippen LogP contribution in [0.1, 0.15) is 136 Å². The number of aromatic carboxylic acids is 1. The second-order valence-electron chi connectivity index (χ2n) is 18.4. The number of hydrogen-bond donors (Lipinski definition) is 1. The van der Waals surface area contributed by atoms with Crippen LogP contribution in [0.25, 0.3) is 33.4 Å². The van der Waals surface area contributed by atoms with Crippen molar-refractivity contribution in [2.75, 3.05) is 0 Å². The van der Waals surface area contributed by atoms with Crippen molar-refractivity contribution in [3.05, 3.63) is 111 Å². The summed E-state index contributed by atoms with van der Waals surface area (Å²) in [4.78, 5) is 16.0. The van der Waals surface area contributed by atoms with Crippen LogP contribution in [0.5, 0.6) is 0 Å². The van der Waals surface area contributed by atoms with E-state index in [1.807, 2.05) is 4.68 Å². The highest BCUT2D eigenvalue weighted by Gasteiger charge is 2.39.